The van der Waals surface area contributed by atoms with E-state index < -0.39 is 0 Å². The van der Waals surface area contributed by atoms with Gasteiger partial charge in [-0.1, -0.05) is 31.5 Å². The van der Waals surface area contributed by atoms with Crippen LogP contribution in [0.25, 0.3) is 0 Å². The molecular formula is C23H26N4O2S. The van der Waals surface area contributed by atoms with Crippen LogP contribution in [0.3, 0.4) is 0 Å². The van der Waals surface area contributed by atoms with Crippen molar-refractivity contribution in [3.05, 3.63) is 63.8 Å². The van der Waals surface area contributed by atoms with Crippen LogP contribution in [0, 0.1) is 12.8 Å². The lowest BCUT2D eigenvalue weighted by Gasteiger charge is -2.21. The average Bonchev–Trinajstić information content (AvgIpc) is 3.31. The van der Waals surface area contributed by atoms with Crippen LogP contribution < -0.4 is 10.6 Å². The minimum Gasteiger partial charge on any atom is -0.322 e. The van der Waals surface area contributed by atoms with E-state index in [4.69, 9.17) is 0 Å². The van der Waals surface area contributed by atoms with Crippen molar-refractivity contribution in [3.63, 3.8) is 0 Å². The molecule has 1 aliphatic carbocycles. The van der Waals surface area contributed by atoms with Crippen molar-refractivity contribution >= 4 is 33.8 Å². The van der Waals surface area contributed by atoms with Gasteiger partial charge in [-0.25, -0.2) is 0 Å². The first-order valence-corrected chi connectivity index (χ1v) is 11.1. The van der Waals surface area contributed by atoms with Crippen molar-refractivity contribution in [1.29, 1.82) is 0 Å². The Morgan fingerprint density at radius 1 is 1.20 bits per heavy atom. The van der Waals surface area contributed by atoms with Crippen molar-refractivity contribution in [2.75, 3.05) is 10.6 Å². The molecule has 2 amide bonds. The van der Waals surface area contributed by atoms with Gasteiger partial charge in [-0.3, -0.25) is 14.3 Å². The number of rotatable bonds is 5. The second kappa shape index (κ2) is 8.44. The van der Waals surface area contributed by atoms with Crippen molar-refractivity contribution < 1.29 is 9.59 Å². The van der Waals surface area contributed by atoms with Crippen LogP contribution in [-0.2, 0) is 19.9 Å². The minimum absolute atomic E-state index is 0.169. The number of thiophene rings is 1. The molecule has 2 aromatic heterocycles. The van der Waals surface area contributed by atoms with Crippen LogP contribution in [0.4, 0.5) is 10.7 Å². The molecule has 2 heterocycles. The fourth-order valence-electron chi connectivity index (χ4n) is 3.99. The molecule has 0 radical (unpaired) electrons. The maximum Gasteiger partial charge on any atom is 0.274 e. The Morgan fingerprint density at radius 2 is 2.00 bits per heavy atom. The van der Waals surface area contributed by atoms with Crippen LogP contribution >= 0.6 is 11.3 Å². The van der Waals surface area contributed by atoms with Gasteiger partial charge in [-0.05, 0) is 55.4 Å². The molecule has 3 aromatic rings. The van der Waals surface area contributed by atoms with Gasteiger partial charge in [0.05, 0.1) is 5.56 Å². The minimum atomic E-state index is -0.259. The highest BCUT2D eigenvalue weighted by atomic mass is 32.1. The molecule has 4 rings (SSSR count). The second-order valence-electron chi connectivity index (χ2n) is 7.79. The van der Waals surface area contributed by atoms with E-state index in [1.165, 1.54) is 20.9 Å². The van der Waals surface area contributed by atoms with E-state index in [9.17, 15) is 9.59 Å². The number of benzene rings is 1. The summed E-state index contributed by atoms with van der Waals surface area (Å²) in [6.07, 6.45) is 5.61. The third kappa shape index (κ3) is 3.89. The molecule has 6 nitrogen and oxygen atoms in total. The predicted octanol–water partition coefficient (Wildman–Crippen LogP) is 4.81. The molecule has 0 unspecified atom stereocenters. The summed E-state index contributed by atoms with van der Waals surface area (Å²) in [5, 5.41) is 10.7. The van der Waals surface area contributed by atoms with Gasteiger partial charge >= 0.3 is 0 Å². The van der Waals surface area contributed by atoms with Gasteiger partial charge in [0.2, 0.25) is 0 Å². The molecule has 0 saturated carbocycles. The Kier molecular flexibility index (Phi) is 5.72. The first kappa shape index (κ1) is 20.3. The third-order valence-corrected chi connectivity index (χ3v) is 7.02. The highest BCUT2D eigenvalue weighted by Gasteiger charge is 2.29. The molecule has 1 aromatic carbocycles. The molecule has 2 N–H and O–H groups in total. The summed E-state index contributed by atoms with van der Waals surface area (Å²) >= 11 is 1.53. The predicted molar refractivity (Wildman–Crippen MR) is 120 cm³/mol. The zero-order chi connectivity index (χ0) is 21.3. The number of fused-ring (bicyclic) bond motifs is 1. The van der Waals surface area contributed by atoms with Crippen LogP contribution in [0.15, 0.2) is 36.5 Å². The summed E-state index contributed by atoms with van der Waals surface area (Å²) in [5.41, 5.74) is 3.92. The molecule has 0 saturated heterocycles. The summed E-state index contributed by atoms with van der Waals surface area (Å²) in [7, 11) is 1.73. The number of carbonyl (C=O) groups excluding carboxylic acids is 2. The fraction of sp³-hybridized carbons (Fsp3) is 0.348. The first-order valence-electron chi connectivity index (χ1n) is 10.3. The number of hydrogen-bond acceptors (Lipinski definition) is 4. The normalized spacial score (nSPS) is 15.5. The van der Waals surface area contributed by atoms with Gasteiger partial charge in [0, 0.05) is 23.8 Å². The summed E-state index contributed by atoms with van der Waals surface area (Å²) < 4.78 is 1.53. The van der Waals surface area contributed by atoms with Gasteiger partial charge in [0.15, 0.2) is 0 Å². The van der Waals surface area contributed by atoms with E-state index in [0.29, 0.717) is 22.2 Å². The average molecular weight is 423 g/mol. The van der Waals surface area contributed by atoms with Crippen molar-refractivity contribution in [3.8, 4) is 0 Å². The zero-order valence-electron chi connectivity index (χ0n) is 17.5. The SMILES string of the molecule is CC[C@@H]1CCc2c(sc(NC(=O)c3ccnn3C)c2C(=O)Nc2ccccc2C)C1. The Bertz CT molecular complexity index is 1100. The van der Waals surface area contributed by atoms with Crippen LogP contribution in [0.5, 0.6) is 0 Å². The van der Waals surface area contributed by atoms with Gasteiger partial charge < -0.3 is 10.6 Å². The number of carbonyl (C=O) groups is 2. The van der Waals surface area contributed by atoms with Gasteiger partial charge in [-0.15, -0.1) is 11.3 Å². The molecule has 0 fully saturated rings. The van der Waals surface area contributed by atoms with E-state index >= 15 is 0 Å². The highest BCUT2D eigenvalue weighted by Crippen LogP contribution is 2.41. The molecular weight excluding hydrogens is 396 g/mol. The van der Waals surface area contributed by atoms with Crippen LogP contribution in [-0.4, -0.2) is 21.6 Å². The maximum atomic E-state index is 13.3. The number of nitrogens with one attached hydrogen (secondary N) is 2. The molecule has 0 bridgehead atoms. The summed E-state index contributed by atoms with van der Waals surface area (Å²) in [4.78, 5) is 27.4. The van der Waals surface area contributed by atoms with Gasteiger partial charge in [-0.2, -0.15) is 5.10 Å². The maximum absolute atomic E-state index is 13.3. The summed E-state index contributed by atoms with van der Waals surface area (Å²) in [6.45, 7) is 4.18. The largest absolute Gasteiger partial charge is 0.322 e. The molecule has 0 spiro atoms. The van der Waals surface area contributed by atoms with Crippen molar-refractivity contribution in [1.82, 2.24) is 9.78 Å². The van der Waals surface area contributed by atoms with Gasteiger partial charge in [0.25, 0.3) is 11.8 Å². The van der Waals surface area contributed by atoms with Crippen LogP contribution in [0.1, 0.15) is 56.6 Å². The topological polar surface area (TPSA) is 76.0 Å². The summed E-state index contributed by atoms with van der Waals surface area (Å²) in [5.74, 6) is 0.201. The van der Waals surface area contributed by atoms with E-state index in [1.54, 1.807) is 19.3 Å². The fourth-order valence-corrected chi connectivity index (χ4v) is 5.35. The lowest BCUT2D eigenvalue weighted by molar-refractivity contribution is 0.101. The second-order valence-corrected chi connectivity index (χ2v) is 8.89. The molecule has 30 heavy (non-hydrogen) atoms. The molecule has 1 atom stereocenters. The standard InChI is InChI=1S/C23H26N4O2S/c1-4-15-9-10-16-19(13-15)30-23(26-21(28)18-11-12-24-27(18)3)20(16)22(29)25-17-8-6-5-7-14(17)2/h5-8,11-12,15H,4,9-10,13H2,1-3H3,(H,25,29)(H,26,28)/t15-/m1/s1. The zero-order valence-corrected chi connectivity index (χ0v) is 18.3. The lowest BCUT2D eigenvalue weighted by atomic mass is 9.85. The van der Waals surface area contributed by atoms with Crippen molar-refractivity contribution in [2.24, 2.45) is 13.0 Å². The number of para-hydroxylation sites is 1. The van der Waals surface area contributed by atoms with Gasteiger partial charge in [0.1, 0.15) is 10.7 Å². The Hall–Kier alpha value is -2.93. The lowest BCUT2D eigenvalue weighted by Crippen LogP contribution is -2.21. The first-order chi connectivity index (χ1) is 14.5. The smallest absolute Gasteiger partial charge is 0.274 e. The molecule has 7 heteroatoms. The number of aryl methyl sites for hydroxylation is 2. The summed E-state index contributed by atoms with van der Waals surface area (Å²) in [6, 6.07) is 9.39. The number of nitrogens with zero attached hydrogens (tertiary/aromatic N) is 2. The number of hydrogen-bond donors (Lipinski definition) is 2. The monoisotopic (exact) mass is 422 g/mol. The van der Waals surface area contributed by atoms with E-state index in [1.807, 2.05) is 31.2 Å². The van der Waals surface area contributed by atoms with E-state index in [0.717, 1.165) is 42.5 Å². The van der Waals surface area contributed by atoms with Crippen molar-refractivity contribution in [2.45, 2.75) is 39.5 Å². The Morgan fingerprint density at radius 3 is 2.70 bits per heavy atom. The molecule has 1 aliphatic rings. The number of anilines is 2. The van der Waals surface area contributed by atoms with Crippen LogP contribution in [0.2, 0.25) is 0 Å². The van der Waals surface area contributed by atoms with E-state index in [-0.39, 0.29) is 11.8 Å². The van der Waals surface area contributed by atoms with E-state index in [2.05, 4.69) is 22.7 Å². The molecule has 0 aliphatic heterocycles. The highest BCUT2D eigenvalue weighted by molar-refractivity contribution is 7.17. The third-order valence-electron chi connectivity index (χ3n) is 5.85. The Labute approximate surface area is 180 Å². The number of aromatic nitrogens is 2. The Balaban J connectivity index is 1.69. The molecule has 156 valence electrons. The quantitative estimate of drug-likeness (QED) is 0.620. The number of amides is 2.